The number of aliphatic hydroxyl groups excluding tert-OH is 1. The molecule has 0 unspecified atom stereocenters. The average Bonchev–Trinajstić information content (AvgIpc) is 3.02. The van der Waals surface area contributed by atoms with E-state index < -0.39 is 0 Å². The Bertz CT molecular complexity index is 722. The largest absolute Gasteiger partial charge is 0.396 e. The lowest BCUT2D eigenvalue weighted by atomic mass is 9.98. The van der Waals surface area contributed by atoms with Crippen molar-refractivity contribution in [2.24, 2.45) is 5.92 Å². The molecular weight excluding hydrogens is 322 g/mol. The van der Waals surface area contributed by atoms with Gasteiger partial charge in [0.1, 0.15) is 5.82 Å². The van der Waals surface area contributed by atoms with Gasteiger partial charge in [0.15, 0.2) is 0 Å². The first-order valence-corrected chi connectivity index (χ1v) is 9.40. The third-order valence-electron chi connectivity index (χ3n) is 5.33. The van der Waals surface area contributed by atoms with Gasteiger partial charge in [-0.15, -0.1) is 0 Å². The summed E-state index contributed by atoms with van der Waals surface area (Å²) in [6.45, 7) is 8.50. The lowest BCUT2D eigenvalue weighted by Gasteiger charge is -2.32. The van der Waals surface area contributed by atoms with Gasteiger partial charge in [0.2, 0.25) is 0 Å². The van der Waals surface area contributed by atoms with Crippen molar-refractivity contribution in [3.63, 3.8) is 0 Å². The number of hydrogen-bond acceptors (Lipinski definition) is 4. The minimum Gasteiger partial charge on any atom is -0.396 e. The fourth-order valence-corrected chi connectivity index (χ4v) is 3.55. The van der Waals surface area contributed by atoms with Gasteiger partial charge in [-0.3, -0.25) is 0 Å². The molecule has 138 valence electrons. The summed E-state index contributed by atoms with van der Waals surface area (Å²) >= 11 is 0. The van der Waals surface area contributed by atoms with Crippen LogP contribution < -0.4 is 4.90 Å². The summed E-state index contributed by atoms with van der Waals surface area (Å²) in [7, 11) is 2.09. The average molecular weight is 351 g/mol. The third kappa shape index (κ3) is 4.07. The SMILES string of the molecule is C=C(/C=C1\CC=C(/C=C\C)N1C)c1ccc(N2CCC(CO)CC2)nc1. The molecule has 0 aliphatic carbocycles. The van der Waals surface area contributed by atoms with Crippen LogP contribution in [0, 0.1) is 5.92 Å². The Hall–Kier alpha value is -2.33. The molecule has 0 bridgehead atoms. The van der Waals surface area contributed by atoms with Crippen LogP contribution in [0.25, 0.3) is 5.57 Å². The summed E-state index contributed by atoms with van der Waals surface area (Å²) in [5.74, 6) is 1.46. The van der Waals surface area contributed by atoms with Crippen molar-refractivity contribution in [3.05, 3.63) is 66.2 Å². The van der Waals surface area contributed by atoms with E-state index in [1.807, 2.05) is 13.1 Å². The lowest BCUT2D eigenvalue weighted by Crippen LogP contribution is -2.35. The number of rotatable bonds is 5. The van der Waals surface area contributed by atoms with Crippen molar-refractivity contribution in [1.29, 1.82) is 0 Å². The molecule has 4 heteroatoms. The fourth-order valence-electron chi connectivity index (χ4n) is 3.55. The Morgan fingerprint density at radius 1 is 1.35 bits per heavy atom. The van der Waals surface area contributed by atoms with Crippen LogP contribution in [-0.4, -0.2) is 41.7 Å². The van der Waals surface area contributed by atoms with Crippen LogP contribution in [0.4, 0.5) is 5.82 Å². The zero-order chi connectivity index (χ0) is 18.5. The van der Waals surface area contributed by atoms with Crippen LogP contribution in [0.5, 0.6) is 0 Å². The first kappa shape index (κ1) is 18.5. The van der Waals surface area contributed by atoms with Crippen molar-refractivity contribution < 1.29 is 5.11 Å². The highest BCUT2D eigenvalue weighted by atomic mass is 16.3. The van der Waals surface area contributed by atoms with Crippen LogP contribution in [0.3, 0.4) is 0 Å². The normalized spacial score (nSPS) is 20.3. The summed E-state index contributed by atoms with van der Waals surface area (Å²) in [5, 5.41) is 9.27. The van der Waals surface area contributed by atoms with Gasteiger partial charge in [-0.2, -0.15) is 0 Å². The summed E-state index contributed by atoms with van der Waals surface area (Å²) < 4.78 is 0. The molecule has 3 heterocycles. The van der Waals surface area contributed by atoms with Crippen LogP contribution in [-0.2, 0) is 0 Å². The second-order valence-electron chi connectivity index (χ2n) is 7.07. The molecule has 0 radical (unpaired) electrons. The molecule has 1 aromatic heterocycles. The fraction of sp³-hybridized carbons (Fsp3) is 0.409. The van der Waals surface area contributed by atoms with E-state index in [4.69, 9.17) is 0 Å². The molecule has 0 atom stereocenters. The Balaban J connectivity index is 1.64. The summed E-state index contributed by atoms with van der Waals surface area (Å²) in [6.07, 6.45) is 13.5. The first-order valence-electron chi connectivity index (χ1n) is 9.40. The Labute approximate surface area is 156 Å². The van der Waals surface area contributed by atoms with Gasteiger partial charge >= 0.3 is 0 Å². The number of allylic oxidation sites excluding steroid dienone is 5. The molecule has 1 saturated heterocycles. The van der Waals surface area contributed by atoms with Gasteiger partial charge in [-0.25, -0.2) is 4.98 Å². The zero-order valence-corrected chi connectivity index (χ0v) is 15.9. The third-order valence-corrected chi connectivity index (χ3v) is 5.33. The van der Waals surface area contributed by atoms with Crippen molar-refractivity contribution >= 4 is 11.4 Å². The van der Waals surface area contributed by atoms with Gasteiger partial charge in [0.25, 0.3) is 0 Å². The Morgan fingerprint density at radius 3 is 2.73 bits per heavy atom. The van der Waals surface area contributed by atoms with Gasteiger partial charge in [-0.05, 0) is 61.1 Å². The smallest absolute Gasteiger partial charge is 0.128 e. The number of anilines is 1. The number of pyridine rings is 1. The van der Waals surface area contributed by atoms with Gasteiger partial charge in [0.05, 0.1) is 0 Å². The van der Waals surface area contributed by atoms with Crippen LogP contribution in [0.15, 0.2) is 60.6 Å². The van der Waals surface area contributed by atoms with E-state index in [9.17, 15) is 5.11 Å². The maximum absolute atomic E-state index is 9.27. The van der Waals surface area contributed by atoms with E-state index in [1.165, 1.54) is 11.4 Å². The van der Waals surface area contributed by atoms with Gasteiger partial charge < -0.3 is 14.9 Å². The molecule has 0 saturated carbocycles. The van der Waals surface area contributed by atoms with Crippen molar-refractivity contribution in [2.45, 2.75) is 26.2 Å². The van der Waals surface area contributed by atoms with Crippen molar-refractivity contribution in [1.82, 2.24) is 9.88 Å². The molecule has 2 aliphatic heterocycles. The van der Waals surface area contributed by atoms with E-state index in [0.29, 0.717) is 12.5 Å². The maximum atomic E-state index is 9.27. The molecule has 1 N–H and O–H groups in total. The highest BCUT2D eigenvalue weighted by molar-refractivity contribution is 5.73. The molecule has 4 nitrogen and oxygen atoms in total. The molecule has 0 spiro atoms. The predicted octanol–water partition coefficient (Wildman–Crippen LogP) is 3.98. The highest BCUT2D eigenvalue weighted by Crippen LogP contribution is 2.28. The van der Waals surface area contributed by atoms with E-state index >= 15 is 0 Å². The number of piperidine rings is 1. The molecular formula is C22H29N3O. The zero-order valence-electron chi connectivity index (χ0n) is 15.9. The first-order chi connectivity index (χ1) is 12.6. The second-order valence-corrected chi connectivity index (χ2v) is 7.07. The van der Waals surface area contributed by atoms with Crippen LogP contribution in [0.2, 0.25) is 0 Å². The van der Waals surface area contributed by atoms with Gasteiger partial charge in [-0.1, -0.05) is 18.7 Å². The van der Waals surface area contributed by atoms with Crippen molar-refractivity contribution in [2.75, 3.05) is 31.6 Å². The molecule has 26 heavy (non-hydrogen) atoms. The number of hydrogen-bond donors (Lipinski definition) is 1. The van der Waals surface area contributed by atoms with E-state index in [-0.39, 0.29) is 0 Å². The molecule has 2 aliphatic rings. The van der Waals surface area contributed by atoms with Crippen molar-refractivity contribution in [3.8, 4) is 0 Å². The number of likely N-dealkylation sites (N-methyl/N-ethyl adjacent to an activating group) is 1. The quantitative estimate of drug-likeness (QED) is 0.871. The molecule has 1 fully saturated rings. The standard InChI is InChI=1S/C22H29N3O/c1-4-5-20-7-8-21(24(20)3)14-17(2)19-6-9-22(23-15-19)25-12-10-18(16-26)11-13-25/h4-7,9,14-15,18,26H,2,8,10-13,16H2,1,3H3/b5-4-,21-14+. The molecule has 1 aromatic rings. The Morgan fingerprint density at radius 2 is 2.12 bits per heavy atom. The number of nitrogens with zero attached hydrogens (tertiary/aromatic N) is 3. The van der Waals surface area contributed by atoms with E-state index in [2.05, 4.69) is 64.8 Å². The molecule has 0 aromatic carbocycles. The topological polar surface area (TPSA) is 39.6 Å². The summed E-state index contributed by atoms with van der Waals surface area (Å²) in [5.41, 5.74) is 4.52. The lowest BCUT2D eigenvalue weighted by molar-refractivity contribution is 0.203. The van der Waals surface area contributed by atoms with Crippen LogP contribution >= 0.6 is 0 Å². The maximum Gasteiger partial charge on any atom is 0.128 e. The van der Waals surface area contributed by atoms with E-state index in [0.717, 1.165) is 49.3 Å². The highest BCUT2D eigenvalue weighted by Gasteiger charge is 2.19. The monoisotopic (exact) mass is 351 g/mol. The predicted molar refractivity (Wildman–Crippen MR) is 109 cm³/mol. The minimum atomic E-state index is 0.299. The number of aliphatic hydroxyl groups is 1. The van der Waals surface area contributed by atoms with Crippen LogP contribution in [0.1, 0.15) is 31.7 Å². The second kappa shape index (κ2) is 8.37. The Kier molecular flexibility index (Phi) is 5.94. The molecule has 0 amide bonds. The number of aromatic nitrogens is 1. The molecule has 3 rings (SSSR count). The minimum absolute atomic E-state index is 0.299. The van der Waals surface area contributed by atoms with E-state index in [1.54, 1.807) is 0 Å². The van der Waals surface area contributed by atoms with Gasteiger partial charge in [0, 0.05) is 50.8 Å². The summed E-state index contributed by atoms with van der Waals surface area (Å²) in [4.78, 5) is 9.16. The summed E-state index contributed by atoms with van der Waals surface area (Å²) in [6, 6.07) is 4.19.